The second kappa shape index (κ2) is 9.17. The van der Waals surface area contributed by atoms with E-state index in [1.165, 1.54) is 66.8 Å². The second-order valence-corrected chi connectivity index (χ2v) is 9.28. The molecule has 0 heteroatoms. The number of hydrogen-bond acceptors (Lipinski definition) is 0. The Bertz CT molecular complexity index is 1140. The fraction of sp³-hybridized carbons (Fsp3) is 0.250. The second-order valence-electron chi connectivity index (χ2n) is 9.28. The molecule has 0 saturated heterocycles. The molecule has 0 radical (unpaired) electrons. The van der Waals surface area contributed by atoms with Gasteiger partial charge in [-0.15, -0.1) is 0 Å². The van der Waals surface area contributed by atoms with E-state index in [-0.39, 0.29) is 0 Å². The van der Waals surface area contributed by atoms with Crippen LogP contribution >= 0.6 is 0 Å². The number of aryl methyl sites for hydroxylation is 2. The predicted molar refractivity (Wildman–Crippen MR) is 139 cm³/mol. The van der Waals surface area contributed by atoms with E-state index in [2.05, 4.69) is 114 Å². The Kier molecular flexibility index (Phi) is 6.33. The molecule has 4 aromatic rings. The van der Waals surface area contributed by atoms with Crippen LogP contribution in [0.25, 0.3) is 11.1 Å². The molecule has 162 valence electrons. The van der Waals surface area contributed by atoms with Crippen LogP contribution < -0.4 is 0 Å². The van der Waals surface area contributed by atoms with Gasteiger partial charge in [-0.2, -0.15) is 0 Å². The Morgan fingerprint density at radius 3 is 1.12 bits per heavy atom. The van der Waals surface area contributed by atoms with Gasteiger partial charge < -0.3 is 0 Å². The van der Waals surface area contributed by atoms with E-state index in [1.54, 1.807) is 0 Å². The molecule has 0 aliphatic heterocycles. The zero-order chi connectivity index (χ0) is 22.8. The minimum Gasteiger partial charge on any atom is -0.0622 e. The Labute approximate surface area is 194 Å². The largest absolute Gasteiger partial charge is 0.0622 e. The minimum atomic E-state index is 0.954. The summed E-state index contributed by atoms with van der Waals surface area (Å²) in [6.45, 7) is 13.7. The van der Waals surface area contributed by atoms with Crippen molar-refractivity contribution >= 4 is 0 Å². The predicted octanol–water partition coefficient (Wildman–Crippen LogP) is 8.39. The van der Waals surface area contributed by atoms with Crippen LogP contribution in [0.5, 0.6) is 0 Å². The summed E-state index contributed by atoms with van der Waals surface area (Å²) in [6, 6.07) is 26.6. The van der Waals surface area contributed by atoms with Crippen molar-refractivity contribution in [2.45, 2.75) is 54.4 Å². The molecule has 0 unspecified atom stereocenters. The van der Waals surface area contributed by atoms with Gasteiger partial charge >= 0.3 is 0 Å². The first-order valence-corrected chi connectivity index (χ1v) is 11.6. The third-order valence-corrected chi connectivity index (χ3v) is 7.21. The van der Waals surface area contributed by atoms with Gasteiger partial charge in [-0.3, -0.25) is 0 Å². The number of hydrogen-bond donors (Lipinski definition) is 0. The normalized spacial score (nSPS) is 11.1. The van der Waals surface area contributed by atoms with Gasteiger partial charge in [0, 0.05) is 0 Å². The van der Waals surface area contributed by atoms with E-state index in [0.29, 0.717) is 0 Å². The highest BCUT2D eigenvalue weighted by atomic mass is 14.2. The van der Waals surface area contributed by atoms with Crippen molar-refractivity contribution in [3.8, 4) is 11.1 Å². The van der Waals surface area contributed by atoms with Crippen LogP contribution in [0.1, 0.15) is 55.6 Å². The molecule has 0 saturated carbocycles. The first-order chi connectivity index (χ1) is 15.4. The molecule has 0 N–H and O–H groups in total. The molecule has 4 rings (SSSR count). The zero-order valence-corrected chi connectivity index (χ0v) is 20.3. The van der Waals surface area contributed by atoms with Gasteiger partial charge in [-0.1, -0.05) is 72.8 Å². The van der Waals surface area contributed by atoms with Crippen LogP contribution in [0.3, 0.4) is 0 Å². The standard InChI is InChI=1S/C32H34/c1-21-17-29(19-27-13-9-7-10-14-27)31(25(5)23(21)3)32-26(6)24(4)22(2)18-30(32)20-28-15-11-8-12-16-28/h7-18H,19-20H2,1-6H3. The first-order valence-electron chi connectivity index (χ1n) is 11.6. The molecule has 32 heavy (non-hydrogen) atoms. The third kappa shape index (κ3) is 4.28. The highest BCUT2D eigenvalue weighted by Crippen LogP contribution is 2.39. The van der Waals surface area contributed by atoms with Crippen LogP contribution in [-0.4, -0.2) is 0 Å². The van der Waals surface area contributed by atoms with Crippen LogP contribution in [-0.2, 0) is 12.8 Å². The summed E-state index contributed by atoms with van der Waals surface area (Å²) in [5.41, 5.74) is 16.8. The average molecular weight is 419 g/mol. The lowest BCUT2D eigenvalue weighted by Gasteiger charge is -2.24. The van der Waals surface area contributed by atoms with Gasteiger partial charge in [0.2, 0.25) is 0 Å². The van der Waals surface area contributed by atoms with Gasteiger partial charge in [-0.05, 0) is 121 Å². The van der Waals surface area contributed by atoms with E-state index in [1.807, 2.05) is 0 Å². The van der Waals surface area contributed by atoms with Gasteiger partial charge in [0.1, 0.15) is 0 Å². The maximum Gasteiger partial charge on any atom is -0.00194 e. The molecule has 0 nitrogen and oxygen atoms in total. The fourth-order valence-corrected chi connectivity index (χ4v) is 4.94. The Morgan fingerprint density at radius 1 is 0.438 bits per heavy atom. The van der Waals surface area contributed by atoms with Crippen molar-refractivity contribution in [1.82, 2.24) is 0 Å². The summed E-state index contributed by atoms with van der Waals surface area (Å²) in [4.78, 5) is 0. The van der Waals surface area contributed by atoms with Crippen molar-refractivity contribution in [2.75, 3.05) is 0 Å². The summed E-state index contributed by atoms with van der Waals surface area (Å²) in [5.74, 6) is 0. The van der Waals surface area contributed by atoms with Crippen molar-refractivity contribution in [3.05, 3.63) is 128 Å². The fourth-order valence-electron chi connectivity index (χ4n) is 4.94. The molecular formula is C32H34. The summed E-state index contributed by atoms with van der Waals surface area (Å²) >= 11 is 0. The smallest absolute Gasteiger partial charge is 0.00194 e. The van der Waals surface area contributed by atoms with Gasteiger partial charge in [0.25, 0.3) is 0 Å². The van der Waals surface area contributed by atoms with Crippen LogP contribution in [0.4, 0.5) is 0 Å². The Balaban J connectivity index is 1.98. The van der Waals surface area contributed by atoms with E-state index >= 15 is 0 Å². The van der Waals surface area contributed by atoms with Gasteiger partial charge in [0.15, 0.2) is 0 Å². The highest BCUT2D eigenvalue weighted by Gasteiger charge is 2.20. The minimum absolute atomic E-state index is 0.954. The summed E-state index contributed by atoms with van der Waals surface area (Å²) in [5, 5.41) is 0. The molecule has 0 aliphatic rings. The molecule has 4 aromatic carbocycles. The highest BCUT2D eigenvalue weighted by molar-refractivity contribution is 5.80. The average Bonchev–Trinajstić information content (AvgIpc) is 2.79. The molecule has 0 aromatic heterocycles. The quantitative estimate of drug-likeness (QED) is 0.305. The topological polar surface area (TPSA) is 0 Å². The maximum absolute atomic E-state index is 2.42. The van der Waals surface area contributed by atoms with Crippen molar-refractivity contribution in [3.63, 3.8) is 0 Å². The van der Waals surface area contributed by atoms with Gasteiger partial charge in [0.05, 0.1) is 0 Å². The Hall–Kier alpha value is -3.12. The molecule has 0 atom stereocenters. The lowest BCUT2D eigenvalue weighted by atomic mass is 9.80. The van der Waals surface area contributed by atoms with Crippen molar-refractivity contribution in [2.24, 2.45) is 0 Å². The zero-order valence-electron chi connectivity index (χ0n) is 20.3. The molecule has 0 heterocycles. The van der Waals surface area contributed by atoms with Crippen LogP contribution in [0.15, 0.2) is 72.8 Å². The third-order valence-electron chi connectivity index (χ3n) is 7.21. The van der Waals surface area contributed by atoms with Crippen LogP contribution in [0.2, 0.25) is 0 Å². The molecular weight excluding hydrogens is 384 g/mol. The lowest BCUT2D eigenvalue weighted by Crippen LogP contribution is -2.06. The lowest BCUT2D eigenvalue weighted by molar-refractivity contribution is 1.11. The maximum atomic E-state index is 2.42. The van der Waals surface area contributed by atoms with Crippen molar-refractivity contribution < 1.29 is 0 Å². The monoisotopic (exact) mass is 418 g/mol. The number of rotatable bonds is 5. The Morgan fingerprint density at radius 2 is 0.781 bits per heavy atom. The van der Waals surface area contributed by atoms with Crippen LogP contribution in [0, 0.1) is 41.5 Å². The SMILES string of the molecule is Cc1cc(Cc2ccccc2)c(-c2c(Cc3ccccc3)cc(C)c(C)c2C)c(C)c1C. The van der Waals surface area contributed by atoms with E-state index in [9.17, 15) is 0 Å². The summed E-state index contributed by atoms with van der Waals surface area (Å²) < 4.78 is 0. The van der Waals surface area contributed by atoms with Gasteiger partial charge in [-0.25, -0.2) is 0 Å². The number of benzene rings is 4. The summed E-state index contributed by atoms with van der Waals surface area (Å²) in [7, 11) is 0. The molecule has 0 spiro atoms. The first kappa shape index (κ1) is 22.1. The molecule has 0 aliphatic carbocycles. The van der Waals surface area contributed by atoms with Crippen molar-refractivity contribution in [1.29, 1.82) is 0 Å². The molecule has 0 fully saturated rings. The van der Waals surface area contributed by atoms with E-state index < -0.39 is 0 Å². The summed E-state index contributed by atoms with van der Waals surface area (Å²) in [6.07, 6.45) is 1.91. The molecule has 0 bridgehead atoms. The van der Waals surface area contributed by atoms with E-state index in [0.717, 1.165) is 12.8 Å². The van der Waals surface area contributed by atoms with E-state index in [4.69, 9.17) is 0 Å². The molecule has 0 amide bonds.